The minimum absolute atomic E-state index is 0. The first-order chi connectivity index (χ1) is 5.75. The third-order valence-corrected chi connectivity index (χ3v) is 3.52. The molecule has 0 saturated carbocycles. The summed E-state index contributed by atoms with van der Waals surface area (Å²) in [7, 11) is 0. The van der Waals surface area contributed by atoms with Crippen LogP contribution in [0.25, 0.3) is 5.32 Å². The van der Waals surface area contributed by atoms with Crippen LogP contribution in [0.4, 0.5) is 0 Å². The number of hydrogen-bond donors (Lipinski definition) is 0. The molecular formula is C10H19N2Y-. The fourth-order valence-electron chi connectivity index (χ4n) is 2.71. The van der Waals surface area contributed by atoms with Crippen molar-refractivity contribution in [2.45, 2.75) is 44.7 Å². The number of nitrogens with zero attached hydrogens (tertiary/aromatic N) is 2. The van der Waals surface area contributed by atoms with Crippen molar-refractivity contribution in [2.24, 2.45) is 0 Å². The zero-order valence-corrected chi connectivity index (χ0v) is 11.6. The molecule has 2 aliphatic heterocycles. The summed E-state index contributed by atoms with van der Waals surface area (Å²) in [6.45, 7) is 8.14. The molecule has 2 saturated heterocycles. The van der Waals surface area contributed by atoms with E-state index in [-0.39, 0.29) is 32.7 Å². The summed E-state index contributed by atoms with van der Waals surface area (Å²) in [5, 5.41) is 4.42. The molecule has 3 heteroatoms. The first-order valence-electron chi connectivity index (χ1n) is 5.15. The van der Waals surface area contributed by atoms with Crippen molar-refractivity contribution in [2.75, 3.05) is 19.6 Å². The monoisotopic (exact) mass is 256 g/mol. The summed E-state index contributed by atoms with van der Waals surface area (Å²) in [5.74, 6) is 0. The predicted molar refractivity (Wildman–Crippen MR) is 51.5 cm³/mol. The largest absolute Gasteiger partial charge is 0.662 e. The Balaban J connectivity index is 0.000000845. The maximum atomic E-state index is 4.42. The van der Waals surface area contributed by atoms with E-state index in [1.54, 1.807) is 0 Å². The van der Waals surface area contributed by atoms with E-state index in [0.717, 1.165) is 19.1 Å². The van der Waals surface area contributed by atoms with Gasteiger partial charge in [-0.3, -0.25) is 4.90 Å². The second kappa shape index (κ2) is 4.70. The van der Waals surface area contributed by atoms with E-state index in [4.69, 9.17) is 0 Å². The molecular weight excluding hydrogens is 237 g/mol. The Labute approximate surface area is 107 Å². The fraction of sp³-hybridized carbons (Fsp3) is 1.00. The fourth-order valence-corrected chi connectivity index (χ4v) is 2.71. The average Bonchev–Trinajstić information content (AvgIpc) is 2.03. The Bertz CT molecular complexity index is 164. The van der Waals surface area contributed by atoms with Gasteiger partial charge >= 0.3 is 0 Å². The molecule has 2 heterocycles. The molecule has 2 rings (SSSR count). The molecule has 1 radical (unpaired) electrons. The Morgan fingerprint density at radius 3 is 2.15 bits per heavy atom. The smallest absolute Gasteiger partial charge is 0.0191 e. The minimum atomic E-state index is 0. The number of piperidine rings is 1. The van der Waals surface area contributed by atoms with Gasteiger partial charge in [-0.05, 0) is 20.3 Å². The molecule has 0 bridgehead atoms. The summed E-state index contributed by atoms with van der Waals surface area (Å²) in [4.78, 5) is 2.67. The van der Waals surface area contributed by atoms with Gasteiger partial charge in [0.05, 0.1) is 0 Å². The molecule has 0 N–H and O–H groups in total. The summed E-state index contributed by atoms with van der Waals surface area (Å²) in [6, 6.07) is 0.733. The normalized spacial score (nSPS) is 27.0. The van der Waals surface area contributed by atoms with Crippen molar-refractivity contribution >= 4 is 0 Å². The van der Waals surface area contributed by atoms with E-state index in [1.165, 1.54) is 25.8 Å². The summed E-state index contributed by atoms with van der Waals surface area (Å²) in [5.41, 5.74) is 0.579. The van der Waals surface area contributed by atoms with E-state index in [0.29, 0.717) is 5.54 Å². The Kier molecular flexibility index (Phi) is 4.37. The van der Waals surface area contributed by atoms with Gasteiger partial charge in [-0.25, -0.2) is 0 Å². The van der Waals surface area contributed by atoms with Gasteiger partial charge in [-0.15, -0.1) is 13.1 Å². The number of rotatable bonds is 1. The van der Waals surface area contributed by atoms with E-state index in [2.05, 4.69) is 24.1 Å². The van der Waals surface area contributed by atoms with Gasteiger partial charge in [-0.1, -0.05) is 12.8 Å². The van der Waals surface area contributed by atoms with Crippen LogP contribution < -0.4 is 0 Å². The molecule has 13 heavy (non-hydrogen) atoms. The van der Waals surface area contributed by atoms with Crippen LogP contribution in [0.3, 0.4) is 0 Å². The van der Waals surface area contributed by atoms with Gasteiger partial charge in [0.25, 0.3) is 0 Å². The molecule has 2 aliphatic rings. The zero-order valence-electron chi connectivity index (χ0n) is 8.79. The minimum Gasteiger partial charge on any atom is -0.662 e. The third-order valence-electron chi connectivity index (χ3n) is 3.52. The van der Waals surface area contributed by atoms with Crippen molar-refractivity contribution in [3.63, 3.8) is 0 Å². The molecule has 0 aliphatic carbocycles. The van der Waals surface area contributed by atoms with E-state index in [9.17, 15) is 0 Å². The van der Waals surface area contributed by atoms with Crippen LogP contribution in [0.1, 0.15) is 33.1 Å². The number of likely N-dealkylation sites (tertiary alicyclic amines) is 1. The van der Waals surface area contributed by atoms with Gasteiger partial charge in [-0.2, -0.15) is 0 Å². The van der Waals surface area contributed by atoms with Crippen LogP contribution in [-0.2, 0) is 32.7 Å². The molecule has 0 unspecified atom stereocenters. The quantitative estimate of drug-likeness (QED) is 0.701. The van der Waals surface area contributed by atoms with Crippen LogP contribution in [0.15, 0.2) is 0 Å². The van der Waals surface area contributed by atoms with Crippen molar-refractivity contribution in [1.29, 1.82) is 0 Å². The molecule has 2 nitrogen and oxygen atoms in total. The Morgan fingerprint density at radius 1 is 1.15 bits per heavy atom. The molecule has 1 spiro atoms. The molecule has 0 aromatic heterocycles. The zero-order chi connectivity index (χ0) is 8.60. The Hall–Kier alpha value is 1.02. The van der Waals surface area contributed by atoms with Gasteiger partial charge in [0.1, 0.15) is 0 Å². The van der Waals surface area contributed by atoms with Crippen molar-refractivity contribution in [3.05, 3.63) is 5.32 Å². The topological polar surface area (TPSA) is 17.3 Å². The maximum Gasteiger partial charge on any atom is 0.0191 e. The first kappa shape index (κ1) is 12.1. The van der Waals surface area contributed by atoms with E-state index in [1.807, 2.05) is 0 Å². The first-order valence-corrected chi connectivity index (χ1v) is 5.15. The van der Waals surface area contributed by atoms with Crippen LogP contribution in [0.2, 0.25) is 0 Å². The van der Waals surface area contributed by atoms with Gasteiger partial charge < -0.3 is 5.32 Å². The molecule has 73 valence electrons. The molecule has 0 amide bonds. The van der Waals surface area contributed by atoms with E-state index >= 15 is 0 Å². The number of hydrogen-bond acceptors (Lipinski definition) is 1. The van der Waals surface area contributed by atoms with Gasteiger partial charge in [0, 0.05) is 50.8 Å². The molecule has 0 aromatic carbocycles. The maximum absolute atomic E-state index is 4.42. The van der Waals surface area contributed by atoms with Crippen LogP contribution in [-0.4, -0.2) is 36.1 Å². The van der Waals surface area contributed by atoms with Crippen LogP contribution in [0.5, 0.6) is 0 Å². The van der Waals surface area contributed by atoms with Crippen molar-refractivity contribution in [3.8, 4) is 0 Å². The third kappa shape index (κ3) is 2.17. The van der Waals surface area contributed by atoms with Gasteiger partial charge in [0.2, 0.25) is 0 Å². The average molecular weight is 256 g/mol. The van der Waals surface area contributed by atoms with E-state index < -0.39 is 0 Å². The van der Waals surface area contributed by atoms with Crippen LogP contribution in [0, 0.1) is 0 Å². The second-order valence-electron chi connectivity index (χ2n) is 4.43. The summed E-state index contributed by atoms with van der Waals surface area (Å²) in [6.07, 6.45) is 4.04. The second-order valence-corrected chi connectivity index (χ2v) is 4.43. The van der Waals surface area contributed by atoms with Crippen molar-refractivity contribution < 1.29 is 32.7 Å². The molecule has 0 aromatic rings. The van der Waals surface area contributed by atoms with Crippen molar-refractivity contribution in [1.82, 2.24) is 4.90 Å². The SMILES string of the molecule is CC(C)N1CCC12CC[N-]CC2.[Y]. The standard InChI is InChI=1S/C10H19N2.Y/c1-9(2)12-8-5-10(12)3-6-11-7-4-10;/h9H,3-8H2,1-2H3;/q-1;. The van der Waals surface area contributed by atoms with Crippen LogP contribution >= 0.6 is 0 Å². The van der Waals surface area contributed by atoms with Gasteiger partial charge in [0.15, 0.2) is 0 Å². The molecule has 0 atom stereocenters. The summed E-state index contributed by atoms with van der Waals surface area (Å²) < 4.78 is 0. The summed E-state index contributed by atoms with van der Waals surface area (Å²) >= 11 is 0. The predicted octanol–water partition coefficient (Wildman–Crippen LogP) is 2.00. The Morgan fingerprint density at radius 2 is 1.77 bits per heavy atom. The molecule has 2 fully saturated rings.